The number of nitrogens with two attached hydrogens (primary N) is 1. The molecule has 1 aromatic heterocycles. The van der Waals surface area contributed by atoms with Crippen molar-refractivity contribution in [2.75, 3.05) is 11.9 Å². The summed E-state index contributed by atoms with van der Waals surface area (Å²) in [6.45, 7) is 3.71. The lowest BCUT2D eigenvalue weighted by Crippen LogP contribution is -2.21. The molecule has 2 amide bonds. The van der Waals surface area contributed by atoms with E-state index < -0.39 is 5.91 Å². The quantitative estimate of drug-likeness (QED) is 0.702. The Balaban J connectivity index is 1.68. The zero-order valence-electron chi connectivity index (χ0n) is 15.1. The van der Waals surface area contributed by atoms with Crippen LogP contribution in [0.5, 0.6) is 5.75 Å². The highest BCUT2D eigenvalue weighted by Gasteiger charge is 2.11. The normalized spacial score (nSPS) is 10.4. The molecule has 7 nitrogen and oxygen atoms in total. The van der Waals surface area contributed by atoms with E-state index in [4.69, 9.17) is 10.5 Å². The van der Waals surface area contributed by atoms with Crippen molar-refractivity contribution in [3.63, 3.8) is 0 Å². The van der Waals surface area contributed by atoms with Crippen molar-refractivity contribution in [2.24, 2.45) is 5.73 Å². The maximum atomic E-state index is 12.3. The maximum absolute atomic E-state index is 12.3. The summed E-state index contributed by atoms with van der Waals surface area (Å²) in [7, 11) is 0. The molecule has 0 aliphatic rings. The first kappa shape index (κ1) is 18.2. The lowest BCUT2D eigenvalue weighted by atomic mass is 10.2. The number of hydrogen-bond acceptors (Lipinski definition) is 4. The van der Waals surface area contributed by atoms with Crippen LogP contribution < -0.4 is 15.8 Å². The largest absolute Gasteiger partial charge is 0.484 e. The molecule has 3 rings (SSSR count). The predicted molar refractivity (Wildman–Crippen MR) is 102 cm³/mol. The Morgan fingerprint density at radius 3 is 2.44 bits per heavy atom. The molecule has 0 fully saturated rings. The van der Waals surface area contributed by atoms with Gasteiger partial charge in [-0.05, 0) is 56.3 Å². The monoisotopic (exact) mass is 364 g/mol. The zero-order chi connectivity index (χ0) is 19.4. The minimum atomic E-state index is -0.514. The number of amides is 2. The number of rotatable bonds is 6. The maximum Gasteiger partial charge on any atom is 0.262 e. The van der Waals surface area contributed by atoms with Gasteiger partial charge >= 0.3 is 0 Å². The van der Waals surface area contributed by atoms with Crippen molar-refractivity contribution in [1.82, 2.24) is 9.78 Å². The van der Waals surface area contributed by atoms with Crippen molar-refractivity contribution in [3.05, 3.63) is 71.5 Å². The van der Waals surface area contributed by atoms with Crippen molar-refractivity contribution < 1.29 is 14.3 Å². The molecule has 27 heavy (non-hydrogen) atoms. The van der Waals surface area contributed by atoms with Crippen LogP contribution in [0.3, 0.4) is 0 Å². The van der Waals surface area contributed by atoms with Gasteiger partial charge in [-0.25, -0.2) is 4.68 Å². The van der Waals surface area contributed by atoms with Crippen LogP contribution in [0, 0.1) is 13.8 Å². The van der Waals surface area contributed by atoms with Crippen LogP contribution in [0.25, 0.3) is 5.69 Å². The Bertz CT molecular complexity index is 977. The molecule has 0 aliphatic heterocycles. The molecule has 0 saturated carbocycles. The number of nitrogens with one attached hydrogen (secondary N) is 1. The number of anilines is 1. The Hall–Kier alpha value is -3.61. The summed E-state index contributed by atoms with van der Waals surface area (Å²) in [5.41, 5.74) is 8.87. The second-order valence-electron chi connectivity index (χ2n) is 6.08. The summed E-state index contributed by atoms with van der Waals surface area (Å²) in [5, 5.41) is 7.31. The van der Waals surface area contributed by atoms with Gasteiger partial charge in [0.05, 0.1) is 17.1 Å². The van der Waals surface area contributed by atoms with Crippen LogP contribution in [0.15, 0.2) is 54.6 Å². The van der Waals surface area contributed by atoms with Gasteiger partial charge in [0, 0.05) is 11.3 Å². The average molecular weight is 364 g/mol. The van der Waals surface area contributed by atoms with Gasteiger partial charge in [0.1, 0.15) is 5.75 Å². The smallest absolute Gasteiger partial charge is 0.262 e. The third kappa shape index (κ3) is 4.33. The van der Waals surface area contributed by atoms with E-state index in [0.717, 1.165) is 17.1 Å². The minimum absolute atomic E-state index is 0.165. The Kier molecular flexibility index (Phi) is 5.21. The first-order chi connectivity index (χ1) is 12.9. The molecule has 0 bridgehead atoms. The molecule has 0 aliphatic carbocycles. The number of aromatic nitrogens is 2. The van der Waals surface area contributed by atoms with Crippen LogP contribution >= 0.6 is 0 Å². The first-order valence-corrected chi connectivity index (χ1v) is 8.39. The number of primary amides is 1. The van der Waals surface area contributed by atoms with Gasteiger partial charge in [-0.3, -0.25) is 9.59 Å². The number of nitrogens with zero attached hydrogens (tertiary/aromatic N) is 2. The number of ether oxygens (including phenoxy) is 1. The van der Waals surface area contributed by atoms with Gasteiger partial charge in [0.25, 0.3) is 5.91 Å². The molecule has 0 unspecified atom stereocenters. The van der Waals surface area contributed by atoms with E-state index in [1.54, 1.807) is 28.9 Å². The Labute approximate surface area is 156 Å². The van der Waals surface area contributed by atoms with E-state index in [9.17, 15) is 9.59 Å². The first-order valence-electron chi connectivity index (χ1n) is 8.39. The number of aryl methyl sites for hydroxylation is 2. The van der Waals surface area contributed by atoms with Gasteiger partial charge < -0.3 is 15.8 Å². The lowest BCUT2D eigenvalue weighted by molar-refractivity contribution is -0.118. The van der Waals surface area contributed by atoms with Gasteiger partial charge in [0.15, 0.2) is 6.61 Å². The molecular formula is C20H20N4O3. The highest BCUT2D eigenvalue weighted by molar-refractivity contribution is 5.94. The number of para-hydroxylation sites is 2. The minimum Gasteiger partial charge on any atom is -0.484 e. The number of hydrogen-bond donors (Lipinski definition) is 2. The van der Waals surface area contributed by atoms with Crippen molar-refractivity contribution in [3.8, 4) is 11.4 Å². The second kappa shape index (κ2) is 7.74. The van der Waals surface area contributed by atoms with Crippen molar-refractivity contribution in [2.45, 2.75) is 13.8 Å². The van der Waals surface area contributed by atoms with E-state index in [0.29, 0.717) is 17.0 Å². The van der Waals surface area contributed by atoms with E-state index >= 15 is 0 Å². The molecule has 138 valence electrons. The average Bonchev–Trinajstić information content (AvgIpc) is 2.99. The summed E-state index contributed by atoms with van der Waals surface area (Å²) >= 11 is 0. The SMILES string of the molecule is Cc1cc(C)n(-c2ccccc2NC(=O)COc2ccc(C(N)=O)cc2)n1. The standard InChI is InChI=1S/C20H20N4O3/c1-13-11-14(2)24(23-13)18-6-4-3-5-17(18)22-19(25)12-27-16-9-7-15(8-10-16)20(21)26/h3-11H,12H2,1-2H3,(H2,21,26)(H,22,25). The molecule has 2 aromatic carbocycles. The van der Waals surface area contributed by atoms with Crippen LogP contribution in [-0.2, 0) is 4.79 Å². The highest BCUT2D eigenvalue weighted by atomic mass is 16.5. The zero-order valence-corrected chi connectivity index (χ0v) is 15.1. The molecule has 7 heteroatoms. The molecule has 0 spiro atoms. The molecule has 1 heterocycles. The van der Waals surface area contributed by atoms with Crippen molar-refractivity contribution in [1.29, 1.82) is 0 Å². The third-order valence-electron chi connectivity index (χ3n) is 3.92. The summed E-state index contributed by atoms with van der Waals surface area (Å²) in [6, 6.07) is 15.7. The molecular weight excluding hydrogens is 344 g/mol. The Morgan fingerprint density at radius 1 is 1.11 bits per heavy atom. The molecule has 3 N–H and O–H groups in total. The van der Waals surface area contributed by atoms with Gasteiger partial charge in [-0.2, -0.15) is 5.10 Å². The second-order valence-corrected chi connectivity index (χ2v) is 6.08. The summed E-state index contributed by atoms with van der Waals surface area (Å²) in [6.07, 6.45) is 0. The lowest BCUT2D eigenvalue weighted by Gasteiger charge is -2.13. The van der Waals surface area contributed by atoms with Crippen LogP contribution in [-0.4, -0.2) is 28.2 Å². The fraction of sp³-hybridized carbons (Fsp3) is 0.150. The molecule has 0 radical (unpaired) electrons. The topological polar surface area (TPSA) is 99.2 Å². The number of carbonyl (C=O) groups is 2. The van der Waals surface area contributed by atoms with Crippen LogP contribution in [0.4, 0.5) is 5.69 Å². The summed E-state index contributed by atoms with van der Waals surface area (Å²) in [4.78, 5) is 23.4. The van der Waals surface area contributed by atoms with E-state index in [2.05, 4.69) is 10.4 Å². The molecule has 0 atom stereocenters. The van der Waals surface area contributed by atoms with E-state index in [1.807, 2.05) is 44.2 Å². The van der Waals surface area contributed by atoms with Crippen molar-refractivity contribution >= 4 is 17.5 Å². The molecule has 0 saturated heterocycles. The predicted octanol–water partition coefficient (Wildman–Crippen LogP) is 2.61. The van der Waals surface area contributed by atoms with E-state index in [-0.39, 0.29) is 12.5 Å². The number of carbonyl (C=O) groups excluding carboxylic acids is 2. The fourth-order valence-corrected chi connectivity index (χ4v) is 2.69. The summed E-state index contributed by atoms with van der Waals surface area (Å²) < 4.78 is 7.25. The molecule has 3 aromatic rings. The van der Waals surface area contributed by atoms with Crippen LogP contribution in [0.1, 0.15) is 21.7 Å². The Morgan fingerprint density at radius 2 is 1.81 bits per heavy atom. The van der Waals surface area contributed by atoms with E-state index in [1.165, 1.54) is 0 Å². The highest BCUT2D eigenvalue weighted by Crippen LogP contribution is 2.21. The van der Waals surface area contributed by atoms with Gasteiger partial charge in [-0.1, -0.05) is 12.1 Å². The van der Waals surface area contributed by atoms with Gasteiger partial charge in [-0.15, -0.1) is 0 Å². The number of benzene rings is 2. The third-order valence-corrected chi connectivity index (χ3v) is 3.92. The fourth-order valence-electron chi connectivity index (χ4n) is 2.69. The van der Waals surface area contributed by atoms with Gasteiger partial charge in [0.2, 0.25) is 5.91 Å². The summed E-state index contributed by atoms with van der Waals surface area (Å²) in [5.74, 6) is -0.343. The van der Waals surface area contributed by atoms with Crippen LogP contribution in [0.2, 0.25) is 0 Å².